The van der Waals surface area contributed by atoms with E-state index in [1.54, 1.807) is 0 Å². The number of hydrogen-bond donors (Lipinski definition) is 2. The molecule has 4 rings (SSSR count). The number of carboxylic acids is 1. The first-order valence-corrected chi connectivity index (χ1v) is 11.5. The fourth-order valence-electron chi connectivity index (χ4n) is 3.81. The molecule has 8 nitrogen and oxygen atoms in total. The van der Waals surface area contributed by atoms with E-state index in [4.69, 9.17) is 5.26 Å². The van der Waals surface area contributed by atoms with Crippen LogP contribution in [-0.4, -0.2) is 36.3 Å². The number of fused-ring (bicyclic) bond motifs is 1. The highest BCUT2D eigenvalue weighted by molar-refractivity contribution is 7.89. The lowest BCUT2D eigenvalue weighted by Crippen LogP contribution is -2.37. The van der Waals surface area contributed by atoms with Crippen molar-refractivity contribution < 1.29 is 23.1 Å². The second kappa shape index (κ2) is 8.86. The molecular weight excluding hydrogens is 442 g/mol. The average molecular weight is 461 g/mol. The average Bonchev–Trinajstić information content (AvgIpc) is 2.81. The molecule has 1 aliphatic rings. The smallest absolute Gasteiger partial charge is 0.337 e. The van der Waals surface area contributed by atoms with Gasteiger partial charge in [-0.1, -0.05) is 36.4 Å². The van der Waals surface area contributed by atoms with Gasteiger partial charge in [-0.25, -0.2) is 13.2 Å². The van der Waals surface area contributed by atoms with Crippen molar-refractivity contribution in [2.24, 2.45) is 0 Å². The number of hydrogen-bond acceptors (Lipinski definition) is 5. The van der Waals surface area contributed by atoms with Crippen LogP contribution >= 0.6 is 0 Å². The van der Waals surface area contributed by atoms with Crippen LogP contribution in [0.25, 0.3) is 0 Å². The molecule has 0 unspecified atom stereocenters. The summed E-state index contributed by atoms with van der Waals surface area (Å²) in [6.45, 7) is 0.442. The van der Waals surface area contributed by atoms with Crippen LogP contribution in [0.15, 0.2) is 71.6 Å². The van der Waals surface area contributed by atoms with Crippen LogP contribution in [0.2, 0.25) is 0 Å². The summed E-state index contributed by atoms with van der Waals surface area (Å²) < 4.78 is 27.9. The molecule has 3 aromatic rings. The molecule has 0 atom stereocenters. The zero-order valence-electron chi connectivity index (χ0n) is 17.4. The minimum atomic E-state index is -3.82. The largest absolute Gasteiger partial charge is 0.478 e. The molecule has 0 spiro atoms. The molecule has 1 amide bonds. The Morgan fingerprint density at radius 1 is 1.03 bits per heavy atom. The molecule has 0 aromatic heterocycles. The van der Waals surface area contributed by atoms with Gasteiger partial charge in [0.05, 0.1) is 27.8 Å². The molecule has 0 saturated heterocycles. The van der Waals surface area contributed by atoms with Crippen molar-refractivity contribution >= 4 is 27.6 Å². The van der Waals surface area contributed by atoms with Crippen molar-refractivity contribution in [1.29, 1.82) is 5.26 Å². The van der Waals surface area contributed by atoms with Gasteiger partial charge in [0.15, 0.2) is 0 Å². The second-order valence-electron chi connectivity index (χ2n) is 7.49. The predicted molar refractivity (Wildman–Crippen MR) is 120 cm³/mol. The number of nitrogens with zero attached hydrogens (tertiary/aromatic N) is 2. The third-order valence-electron chi connectivity index (χ3n) is 5.44. The van der Waals surface area contributed by atoms with Gasteiger partial charge < -0.3 is 10.4 Å². The van der Waals surface area contributed by atoms with Gasteiger partial charge in [0.2, 0.25) is 10.0 Å². The van der Waals surface area contributed by atoms with Crippen LogP contribution in [0.4, 0.5) is 5.69 Å². The van der Waals surface area contributed by atoms with Gasteiger partial charge in [0.1, 0.15) is 0 Å². The van der Waals surface area contributed by atoms with E-state index in [9.17, 15) is 23.1 Å². The number of amides is 1. The number of benzene rings is 3. The summed E-state index contributed by atoms with van der Waals surface area (Å²) in [5.74, 6) is -1.91. The van der Waals surface area contributed by atoms with E-state index in [0.29, 0.717) is 12.0 Å². The number of aromatic carboxylic acids is 1. The van der Waals surface area contributed by atoms with Gasteiger partial charge in [-0.2, -0.15) is 9.57 Å². The Kier molecular flexibility index (Phi) is 5.96. The maximum absolute atomic E-state index is 13.2. The number of carboxylic acid groups (broad SMARTS) is 1. The van der Waals surface area contributed by atoms with Crippen LogP contribution in [0.1, 0.15) is 37.4 Å². The minimum Gasteiger partial charge on any atom is -0.478 e. The number of anilines is 1. The Morgan fingerprint density at radius 2 is 1.79 bits per heavy atom. The highest BCUT2D eigenvalue weighted by Crippen LogP contribution is 2.30. The van der Waals surface area contributed by atoms with E-state index in [0.717, 1.165) is 5.56 Å². The molecule has 9 heteroatoms. The Bertz CT molecular complexity index is 1400. The van der Waals surface area contributed by atoms with Crippen LogP contribution in [-0.2, 0) is 23.0 Å². The lowest BCUT2D eigenvalue weighted by molar-refractivity contribution is 0.0698. The summed E-state index contributed by atoms with van der Waals surface area (Å²) in [5.41, 5.74) is 1.36. The first-order chi connectivity index (χ1) is 15.8. The highest BCUT2D eigenvalue weighted by Gasteiger charge is 2.33. The Hall–Kier alpha value is -4.00. The molecule has 0 fully saturated rings. The van der Waals surface area contributed by atoms with E-state index in [1.165, 1.54) is 40.7 Å². The number of nitriles is 1. The van der Waals surface area contributed by atoms with Gasteiger partial charge in [-0.3, -0.25) is 4.79 Å². The number of carbonyl (C=O) groups excluding carboxylic acids is 1. The van der Waals surface area contributed by atoms with Crippen molar-refractivity contribution in [2.45, 2.75) is 17.9 Å². The highest BCUT2D eigenvalue weighted by atomic mass is 32.2. The summed E-state index contributed by atoms with van der Waals surface area (Å²) >= 11 is 0. The Labute approximate surface area is 190 Å². The molecule has 0 bridgehead atoms. The molecule has 0 aliphatic carbocycles. The SMILES string of the molecule is N#Cc1ccc(NC(=O)c2cccc3c2CCN(Cc2ccccc2)S3(=O)=O)c(C(=O)O)c1. The van der Waals surface area contributed by atoms with Gasteiger partial charge >= 0.3 is 5.97 Å². The van der Waals surface area contributed by atoms with E-state index in [-0.39, 0.29) is 40.4 Å². The molecule has 3 aromatic carbocycles. The monoisotopic (exact) mass is 461 g/mol. The molecule has 2 N–H and O–H groups in total. The number of carbonyl (C=O) groups is 2. The van der Waals surface area contributed by atoms with Crippen molar-refractivity contribution in [2.75, 3.05) is 11.9 Å². The van der Waals surface area contributed by atoms with Crippen molar-refractivity contribution in [3.05, 3.63) is 94.5 Å². The molecule has 0 saturated carbocycles. The lowest BCUT2D eigenvalue weighted by Gasteiger charge is -2.29. The van der Waals surface area contributed by atoms with Crippen molar-refractivity contribution in [3.8, 4) is 6.07 Å². The lowest BCUT2D eigenvalue weighted by atomic mass is 10.0. The van der Waals surface area contributed by atoms with Crippen LogP contribution < -0.4 is 5.32 Å². The summed E-state index contributed by atoms with van der Waals surface area (Å²) in [6, 6.07) is 19.5. The fraction of sp³-hybridized carbons (Fsp3) is 0.125. The fourth-order valence-corrected chi connectivity index (χ4v) is 5.52. The van der Waals surface area contributed by atoms with Crippen molar-refractivity contribution in [1.82, 2.24) is 4.31 Å². The topological polar surface area (TPSA) is 128 Å². The molecule has 0 radical (unpaired) electrons. The van der Waals surface area contributed by atoms with E-state index < -0.39 is 21.9 Å². The number of sulfonamides is 1. The third-order valence-corrected chi connectivity index (χ3v) is 7.37. The normalized spacial score (nSPS) is 14.6. The Balaban J connectivity index is 1.65. The number of rotatable bonds is 5. The van der Waals surface area contributed by atoms with Crippen molar-refractivity contribution in [3.63, 3.8) is 0 Å². The van der Waals surface area contributed by atoms with E-state index >= 15 is 0 Å². The standard InChI is InChI=1S/C24H19N3O5S/c25-14-17-9-10-21(20(13-17)24(29)30)26-23(28)19-7-4-8-22-18(19)11-12-27(33(22,31)32)15-16-5-2-1-3-6-16/h1-10,13H,11-12,15H2,(H,26,28)(H,29,30). The molecule has 33 heavy (non-hydrogen) atoms. The Morgan fingerprint density at radius 3 is 2.48 bits per heavy atom. The maximum Gasteiger partial charge on any atom is 0.337 e. The summed E-state index contributed by atoms with van der Waals surface area (Å²) in [5, 5.41) is 21.0. The van der Waals surface area contributed by atoms with Gasteiger partial charge in [-0.05, 0) is 47.9 Å². The quantitative estimate of drug-likeness (QED) is 0.600. The van der Waals surface area contributed by atoms with E-state index in [2.05, 4.69) is 5.32 Å². The maximum atomic E-state index is 13.2. The molecule has 1 heterocycles. The summed E-state index contributed by atoms with van der Waals surface area (Å²) in [4.78, 5) is 24.7. The van der Waals surface area contributed by atoms with Crippen LogP contribution in [0.3, 0.4) is 0 Å². The van der Waals surface area contributed by atoms with E-state index in [1.807, 2.05) is 36.4 Å². The van der Waals surface area contributed by atoms with Crippen LogP contribution in [0.5, 0.6) is 0 Å². The zero-order chi connectivity index (χ0) is 23.6. The second-order valence-corrected chi connectivity index (χ2v) is 9.39. The minimum absolute atomic E-state index is 0.0217. The zero-order valence-corrected chi connectivity index (χ0v) is 18.2. The van der Waals surface area contributed by atoms with Gasteiger partial charge in [0.25, 0.3) is 5.91 Å². The molecular formula is C24H19N3O5S. The summed E-state index contributed by atoms with van der Waals surface area (Å²) in [6.07, 6.45) is 0.337. The molecule has 1 aliphatic heterocycles. The molecule has 166 valence electrons. The predicted octanol–water partition coefficient (Wildman–Crippen LogP) is 3.26. The first kappa shape index (κ1) is 22.2. The first-order valence-electron chi connectivity index (χ1n) is 10.1. The van der Waals surface area contributed by atoms with Crippen LogP contribution in [0, 0.1) is 11.3 Å². The van der Waals surface area contributed by atoms with Gasteiger partial charge in [0, 0.05) is 18.7 Å². The number of nitrogens with one attached hydrogen (secondary N) is 1. The summed E-state index contributed by atoms with van der Waals surface area (Å²) in [7, 11) is -3.82. The van der Waals surface area contributed by atoms with Gasteiger partial charge in [-0.15, -0.1) is 0 Å². The third kappa shape index (κ3) is 4.35.